The molecule has 0 bridgehead atoms. The van der Waals surface area contributed by atoms with E-state index in [1.54, 1.807) is 12.1 Å². The first-order valence-corrected chi connectivity index (χ1v) is 12.1. The highest BCUT2D eigenvalue weighted by atomic mass is 19.1. The number of allylic oxidation sites excluding steroid dienone is 2. The number of nitrogens with one attached hydrogen (secondary N) is 2. The Balaban J connectivity index is 1.41. The Labute approximate surface area is 198 Å². The molecule has 1 aromatic carbocycles. The van der Waals surface area contributed by atoms with Crippen molar-refractivity contribution in [1.82, 2.24) is 15.6 Å². The Bertz CT molecular complexity index is 1240. The van der Waals surface area contributed by atoms with E-state index in [9.17, 15) is 14.3 Å². The minimum Gasteiger partial charge on any atom is -0.481 e. The summed E-state index contributed by atoms with van der Waals surface area (Å²) in [5.41, 5.74) is 11.3. The standard InChI is InChI=1S/C27H29FN4O2/c1-3-23-25(15-6-7-29-22(11-15)16-8-17(9-16)27(33)34)26-20(13-32(23)2)19-12-18(28)10-14-4-5-21(24(14)19)30-31-26/h4-6,10,12-13,16-17,22-23,29,31H,3,7-9,11H2,1-2H3,(H,33,34)/t16?,17?,22?,23-/m0/s1. The Hall–Kier alpha value is -3.19. The zero-order valence-electron chi connectivity index (χ0n) is 19.4. The molecule has 6 rings (SSSR count). The van der Waals surface area contributed by atoms with Crippen LogP contribution < -0.4 is 10.7 Å². The summed E-state index contributed by atoms with van der Waals surface area (Å²) in [6.07, 6.45) is 11.5. The lowest BCUT2D eigenvalue weighted by atomic mass is 9.68. The number of benzene rings is 1. The molecule has 176 valence electrons. The number of nitrogens with zero attached hydrogens (tertiary/aromatic N) is 2. The molecule has 2 aliphatic carbocycles. The van der Waals surface area contributed by atoms with Crippen LogP contribution in [0.15, 0.2) is 52.4 Å². The molecule has 1 saturated carbocycles. The fourth-order valence-corrected chi connectivity index (χ4v) is 6.26. The molecule has 34 heavy (non-hydrogen) atoms. The second-order valence-corrected chi connectivity index (χ2v) is 10.00. The van der Waals surface area contributed by atoms with E-state index in [4.69, 9.17) is 5.10 Å². The number of hydrazone groups is 1. The number of carboxylic acids is 1. The molecule has 1 aromatic rings. The van der Waals surface area contributed by atoms with Crippen LogP contribution in [0.3, 0.4) is 0 Å². The minimum atomic E-state index is -0.681. The number of hydrogen-bond acceptors (Lipinski definition) is 5. The van der Waals surface area contributed by atoms with Crippen molar-refractivity contribution < 1.29 is 14.3 Å². The predicted molar refractivity (Wildman–Crippen MR) is 130 cm³/mol. The van der Waals surface area contributed by atoms with Gasteiger partial charge in [0.05, 0.1) is 23.4 Å². The first kappa shape index (κ1) is 21.4. The van der Waals surface area contributed by atoms with E-state index < -0.39 is 5.97 Å². The van der Waals surface area contributed by atoms with Crippen molar-refractivity contribution in [2.24, 2.45) is 16.9 Å². The maximum Gasteiger partial charge on any atom is 0.306 e. The molecule has 1 fully saturated rings. The highest BCUT2D eigenvalue weighted by Gasteiger charge is 2.41. The number of carbonyl (C=O) groups is 1. The van der Waals surface area contributed by atoms with Crippen LogP contribution in [-0.2, 0) is 4.79 Å². The van der Waals surface area contributed by atoms with Crippen molar-refractivity contribution in [2.75, 3.05) is 13.6 Å². The van der Waals surface area contributed by atoms with Crippen LogP contribution in [0.25, 0.3) is 11.6 Å². The Kier molecular flexibility index (Phi) is 4.99. The molecular formula is C27H29FN4O2. The van der Waals surface area contributed by atoms with Crippen LogP contribution in [0.4, 0.5) is 4.39 Å². The number of carboxylic acid groups (broad SMARTS) is 1. The Morgan fingerprint density at radius 1 is 1.29 bits per heavy atom. The summed E-state index contributed by atoms with van der Waals surface area (Å²) in [4.78, 5) is 13.5. The molecule has 0 radical (unpaired) electrons. The van der Waals surface area contributed by atoms with E-state index in [2.05, 4.69) is 41.9 Å². The van der Waals surface area contributed by atoms with Crippen molar-refractivity contribution in [2.45, 2.75) is 44.7 Å². The fraction of sp³-hybridized carbons (Fsp3) is 0.407. The highest BCUT2D eigenvalue weighted by molar-refractivity contribution is 6.20. The topological polar surface area (TPSA) is 77.0 Å². The molecule has 5 aliphatic rings. The van der Waals surface area contributed by atoms with Gasteiger partial charge in [-0.1, -0.05) is 19.1 Å². The molecular weight excluding hydrogens is 431 g/mol. The van der Waals surface area contributed by atoms with Crippen molar-refractivity contribution in [3.05, 3.63) is 69.8 Å². The predicted octanol–water partition coefficient (Wildman–Crippen LogP) is 3.88. The molecule has 3 heterocycles. The zero-order chi connectivity index (χ0) is 23.6. The molecule has 3 N–H and O–H groups in total. The van der Waals surface area contributed by atoms with E-state index in [0.717, 1.165) is 65.9 Å². The normalized spacial score (nSPS) is 29.3. The van der Waals surface area contributed by atoms with Crippen LogP contribution in [0.5, 0.6) is 0 Å². The summed E-state index contributed by atoms with van der Waals surface area (Å²) < 4.78 is 14.6. The van der Waals surface area contributed by atoms with Crippen LogP contribution in [0.1, 0.15) is 49.3 Å². The molecule has 0 saturated heterocycles. The van der Waals surface area contributed by atoms with Gasteiger partial charge in [0.15, 0.2) is 0 Å². The quantitative estimate of drug-likeness (QED) is 0.636. The second kappa shape index (κ2) is 7.94. The monoisotopic (exact) mass is 460 g/mol. The van der Waals surface area contributed by atoms with Crippen LogP contribution in [-0.4, -0.2) is 47.4 Å². The zero-order valence-corrected chi connectivity index (χ0v) is 19.4. The smallest absolute Gasteiger partial charge is 0.306 e. The number of aliphatic carboxylic acids is 1. The lowest BCUT2D eigenvalue weighted by Gasteiger charge is -2.43. The third-order valence-corrected chi connectivity index (χ3v) is 8.08. The fourth-order valence-electron chi connectivity index (χ4n) is 6.26. The summed E-state index contributed by atoms with van der Waals surface area (Å²) in [6, 6.07) is 3.64. The first-order valence-electron chi connectivity index (χ1n) is 12.1. The minimum absolute atomic E-state index is 0.177. The third kappa shape index (κ3) is 3.25. The summed E-state index contributed by atoms with van der Waals surface area (Å²) in [7, 11) is 2.09. The molecule has 6 nitrogen and oxygen atoms in total. The third-order valence-electron chi connectivity index (χ3n) is 8.08. The van der Waals surface area contributed by atoms with Crippen molar-refractivity contribution in [1.29, 1.82) is 0 Å². The Morgan fingerprint density at radius 2 is 2.12 bits per heavy atom. The van der Waals surface area contributed by atoms with Crippen molar-refractivity contribution in [3.63, 3.8) is 0 Å². The lowest BCUT2D eigenvalue weighted by Crippen LogP contribution is -2.47. The van der Waals surface area contributed by atoms with Gasteiger partial charge in [-0.2, -0.15) is 5.10 Å². The molecule has 0 aromatic heterocycles. The number of hydrogen-bond donors (Lipinski definition) is 3. The highest BCUT2D eigenvalue weighted by Crippen LogP contribution is 2.44. The van der Waals surface area contributed by atoms with E-state index >= 15 is 0 Å². The van der Waals surface area contributed by atoms with Crippen LogP contribution in [0, 0.1) is 17.7 Å². The number of likely N-dealkylation sites (N-methyl/N-ethyl adjacent to an activating group) is 1. The van der Waals surface area contributed by atoms with E-state index in [1.165, 1.54) is 11.1 Å². The van der Waals surface area contributed by atoms with Gasteiger partial charge in [-0.15, -0.1) is 0 Å². The average Bonchev–Trinajstić information content (AvgIpc) is 3.11. The van der Waals surface area contributed by atoms with Crippen LogP contribution >= 0.6 is 0 Å². The maximum atomic E-state index is 14.6. The Morgan fingerprint density at radius 3 is 2.88 bits per heavy atom. The van der Waals surface area contributed by atoms with Gasteiger partial charge in [0.25, 0.3) is 0 Å². The van der Waals surface area contributed by atoms with E-state index in [1.807, 2.05) is 12.2 Å². The largest absolute Gasteiger partial charge is 0.481 e. The van der Waals surface area contributed by atoms with Gasteiger partial charge in [0.1, 0.15) is 5.82 Å². The molecule has 7 heteroatoms. The summed E-state index contributed by atoms with van der Waals surface area (Å²) in [6.45, 7) is 2.95. The lowest BCUT2D eigenvalue weighted by molar-refractivity contribution is -0.146. The van der Waals surface area contributed by atoms with Gasteiger partial charge >= 0.3 is 5.97 Å². The molecule has 1 unspecified atom stereocenters. The molecule has 3 aliphatic heterocycles. The van der Waals surface area contributed by atoms with E-state index in [-0.39, 0.29) is 23.8 Å². The van der Waals surface area contributed by atoms with Crippen LogP contribution in [0.2, 0.25) is 0 Å². The summed E-state index contributed by atoms with van der Waals surface area (Å²) in [5.74, 6) is -0.758. The first-order chi connectivity index (χ1) is 16.4. The van der Waals surface area contributed by atoms with Crippen molar-refractivity contribution in [3.8, 4) is 0 Å². The second-order valence-electron chi connectivity index (χ2n) is 10.00. The van der Waals surface area contributed by atoms with Crippen molar-refractivity contribution >= 4 is 23.3 Å². The van der Waals surface area contributed by atoms with Gasteiger partial charge in [-0.25, -0.2) is 4.39 Å². The summed E-state index contributed by atoms with van der Waals surface area (Å²) in [5, 5.41) is 17.6. The van der Waals surface area contributed by atoms with Gasteiger partial charge in [-0.05, 0) is 66.5 Å². The average molecular weight is 461 g/mol. The molecule has 2 atom stereocenters. The number of rotatable bonds is 4. The van der Waals surface area contributed by atoms with E-state index in [0.29, 0.717) is 5.92 Å². The van der Waals surface area contributed by atoms with Gasteiger partial charge < -0.3 is 15.3 Å². The molecule has 0 spiro atoms. The summed E-state index contributed by atoms with van der Waals surface area (Å²) >= 11 is 0. The SMILES string of the molecule is CC[C@H]1C(C2=CCNC(C3CC(C(=O)O)C3)C2)=C2NN=C3C=Cc4cc(F)cc(c43)C2=CN1C. The van der Waals surface area contributed by atoms with Gasteiger partial charge in [-0.3, -0.25) is 10.2 Å². The number of fused-ring (bicyclic) bond motifs is 2. The van der Waals surface area contributed by atoms with Gasteiger partial charge in [0.2, 0.25) is 0 Å². The number of halogens is 1. The maximum absolute atomic E-state index is 14.6. The van der Waals surface area contributed by atoms with Gasteiger partial charge in [0, 0.05) is 42.5 Å². The molecule has 0 amide bonds.